The molecule has 1 heterocycles. The van der Waals surface area contributed by atoms with Gasteiger partial charge in [0.05, 0.1) is 17.2 Å². The van der Waals surface area contributed by atoms with Crippen LogP contribution in [0.2, 0.25) is 0 Å². The zero-order valence-corrected chi connectivity index (χ0v) is 12.2. The summed E-state index contributed by atoms with van der Waals surface area (Å²) >= 11 is 1.71. The Morgan fingerprint density at radius 2 is 2.18 bits per heavy atom. The smallest absolute Gasteiger partial charge is 0.0798 e. The van der Waals surface area contributed by atoms with Crippen LogP contribution in [0.4, 0.5) is 0 Å². The van der Waals surface area contributed by atoms with E-state index in [9.17, 15) is 0 Å². The minimum atomic E-state index is 0.0828. The minimum absolute atomic E-state index is 0.0828. The number of nitrogens with one attached hydrogen (secondary N) is 1. The van der Waals surface area contributed by atoms with Gasteiger partial charge in [0.2, 0.25) is 0 Å². The second kappa shape index (κ2) is 6.18. The molecule has 0 aliphatic carbocycles. The molecule has 17 heavy (non-hydrogen) atoms. The van der Waals surface area contributed by atoms with E-state index in [1.165, 1.54) is 4.88 Å². The Morgan fingerprint density at radius 3 is 2.65 bits per heavy atom. The van der Waals surface area contributed by atoms with Crippen LogP contribution in [0.5, 0.6) is 0 Å². The van der Waals surface area contributed by atoms with E-state index in [0.29, 0.717) is 6.04 Å². The lowest BCUT2D eigenvalue weighted by Crippen LogP contribution is -2.20. The van der Waals surface area contributed by atoms with Crippen LogP contribution >= 0.6 is 11.3 Å². The molecule has 2 nitrogen and oxygen atoms in total. The molecule has 3 heteroatoms. The van der Waals surface area contributed by atoms with Crippen molar-refractivity contribution in [1.82, 2.24) is 10.3 Å². The molecule has 0 saturated carbocycles. The van der Waals surface area contributed by atoms with Crippen LogP contribution in [0.1, 0.15) is 50.7 Å². The van der Waals surface area contributed by atoms with E-state index in [-0.39, 0.29) is 5.41 Å². The summed E-state index contributed by atoms with van der Waals surface area (Å²) < 4.78 is 0. The number of rotatable bonds is 4. The summed E-state index contributed by atoms with van der Waals surface area (Å²) in [5, 5.41) is 3.48. The molecule has 0 spiro atoms. The monoisotopic (exact) mass is 250 g/mol. The third-order valence-corrected chi connectivity index (χ3v) is 3.36. The summed E-state index contributed by atoms with van der Waals surface area (Å²) in [5.41, 5.74) is 3.12. The van der Waals surface area contributed by atoms with Gasteiger partial charge in [0.15, 0.2) is 0 Å². The van der Waals surface area contributed by atoms with Crippen LogP contribution in [0.3, 0.4) is 0 Å². The lowest BCUT2D eigenvalue weighted by Gasteiger charge is -2.14. The Balaban J connectivity index is 2.74. The molecule has 1 N–H and O–H groups in total. The number of thiazole rings is 1. The van der Waals surface area contributed by atoms with E-state index in [4.69, 9.17) is 0 Å². The maximum atomic E-state index is 4.31. The molecule has 0 radical (unpaired) electrons. The van der Waals surface area contributed by atoms with Crippen molar-refractivity contribution < 1.29 is 0 Å². The Morgan fingerprint density at radius 1 is 1.47 bits per heavy atom. The van der Waals surface area contributed by atoms with Crippen LogP contribution in [0, 0.1) is 24.2 Å². The third kappa shape index (κ3) is 4.89. The van der Waals surface area contributed by atoms with Crippen molar-refractivity contribution in [2.75, 3.05) is 6.54 Å². The lowest BCUT2D eigenvalue weighted by atomic mass is 9.97. The first-order chi connectivity index (χ1) is 7.94. The molecule has 1 rings (SSSR count). The Labute approximate surface area is 109 Å². The number of aromatic nitrogens is 1. The first kappa shape index (κ1) is 14.2. The van der Waals surface area contributed by atoms with Crippen LogP contribution in [0.25, 0.3) is 0 Å². The topological polar surface area (TPSA) is 24.9 Å². The second-order valence-corrected chi connectivity index (χ2v) is 6.05. The molecule has 0 aliphatic rings. The molecule has 0 fully saturated rings. The Hall–Kier alpha value is -0.850. The summed E-state index contributed by atoms with van der Waals surface area (Å²) in [7, 11) is 0. The SMILES string of the molecule is CCNC(CC#CC(C)(C)C)c1scnc1C. The molecular weight excluding hydrogens is 228 g/mol. The molecule has 1 aromatic rings. The molecule has 0 aromatic carbocycles. The normalized spacial score (nSPS) is 13.0. The van der Waals surface area contributed by atoms with Gasteiger partial charge in [-0.2, -0.15) is 0 Å². The van der Waals surface area contributed by atoms with E-state index in [2.05, 4.69) is 56.8 Å². The van der Waals surface area contributed by atoms with Crippen LogP contribution in [-0.2, 0) is 0 Å². The maximum absolute atomic E-state index is 4.31. The van der Waals surface area contributed by atoms with Gasteiger partial charge in [-0.25, -0.2) is 4.98 Å². The van der Waals surface area contributed by atoms with Gasteiger partial charge in [-0.1, -0.05) is 12.8 Å². The van der Waals surface area contributed by atoms with Crippen LogP contribution in [-0.4, -0.2) is 11.5 Å². The molecule has 0 aliphatic heterocycles. The molecule has 1 atom stereocenters. The molecule has 94 valence electrons. The zero-order valence-electron chi connectivity index (χ0n) is 11.4. The summed E-state index contributed by atoms with van der Waals surface area (Å²) in [6.07, 6.45) is 0.855. The minimum Gasteiger partial charge on any atom is -0.309 e. The fourth-order valence-electron chi connectivity index (χ4n) is 1.57. The standard InChI is InChI=1S/C14H22N2S/c1-6-15-12(8-7-9-14(3,4)5)13-11(2)16-10-17-13/h10,12,15H,6,8H2,1-5H3. The van der Waals surface area contributed by atoms with Gasteiger partial charge in [0.1, 0.15) is 0 Å². The van der Waals surface area contributed by atoms with E-state index < -0.39 is 0 Å². The maximum Gasteiger partial charge on any atom is 0.0798 e. The van der Waals surface area contributed by atoms with Gasteiger partial charge < -0.3 is 5.32 Å². The average Bonchev–Trinajstić information content (AvgIpc) is 2.61. The summed E-state index contributed by atoms with van der Waals surface area (Å²) in [4.78, 5) is 5.62. The Kier molecular flexibility index (Phi) is 5.17. The molecule has 0 amide bonds. The third-order valence-electron chi connectivity index (χ3n) is 2.32. The van der Waals surface area contributed by atoms with Crippen molar-refractivity contribution in [3.05, 3.63) is 16.1 Å². The van der Waals surface area contributed by atoms with Crippen molar-refractivity contribution in [3.63, 3.8) is 0 Å². The highest BCUT2D eigenvalue weighted by atomic mass is 32.1. The molecule has 0 bridgehead atoms. The van der Waals surface area contributed by atoms with Crippen LogP contribution in [0.15, 0.2) is 5.51 Å². The summed E-state index contributed by atoms with van der Waals surface area (Å²) in [6.45, 7) is 11.6. The van der Waals surface area contributed by atoms with Gasteiger partial charge >= 0.3 is 0 Å². The largest absolute Gasteiger partial charge is 0.309 e. The highest BCUT2D eigenvalue weighted by Gasteiger charge is 2.14. The molecular formula is C14H22N2S. The highest BCUT2D eigenvalue weighted by molar-refractivity contribution is 7.09. The number of hydrogen-bond acceptors (Lipinski definition) is 3. The van der Waals surface area contributed by atoms with Gasteiger partial charge in [0, 0.05) is 16.7 Å². The van der Waals surface area contributed by atoms with Crippen molar-refractivity contribution in [2.45, 2.75) is 47.1 Å². The van der Waals surface area contributed by atoms with Crippen molar-refractivity contribution in [2.24, 2.45) is 5.41 Å². The number of nitrogens with zero attached hydrogens (tertiary/aromatic N) is 1. The van der Waals surface area contributed by atoms with Gasteiger partial charge in [0.25, 0.3) is 0 Å². The molecule has 0 saturated heterocycles. The Bertz CT molecular complexity index is 404. The van der Waals surface area contributed by atoms with E-state index >= 15 is 0 Å². The van der Waals surface area contributed by atoms with E-state index in [1.54, 1.807) is 11.3 Å². The summed E-state index contributed by atoms with van der Waals surface area (Å²) in [6, 6.07) is 0.322. The first-order valence-corrected chi connectivity index (χ1v) is 6.95. The van der Waals surface area contributed by atoms with Crippen LogP contribution < -0.4 is 5.32 Å². The summed E-state index contributed by atoms with van der Waals surface area (Å²) in [5.74, 6) is 6.58. The van der Waals surface area contributed by atoms with Crippen molar-refractivity contribution in [1.29, 1.82) is 0 Å². The molecule has 1 unspecified atom stereocenters. The quantitative estimate of drug-likeness (QED) is 0.827. The van der Waals surface area contributed by atoms with Crippen molar-refractivity contribution >= 4 is 11.3 Å². The second-order valence-electron chi connectivity index (χ2n) is 5.17. The predicted octanol–water partition coefficient (Wildman–Crippen LogP) is 3.54. The number of aryl methyl sites for hydroxylation is 1. The average molecular weight is 250 g/mol. The van der Waals surface area contributed by atoms with Crippen molar-refractivity contribution in [3.8, 4) is 11.8 Å². The van der Waals surface area contributed by atoms with E-state index in [0.717, 1.165) is 18.7 Å². The van der Waals surface area contributed by atoms with E-state index in [1.807, 2.05) is 5.51 Å². The van der Waals surface area contributed by atoms with Gasteiger partial charge in [-0.3, -0.25) is 0 Å². The highest BCUT2D eigenvalue weighted by Crippen LogP contribution is 2.24. The van der Waals surface area contributed by atoms with Gasteiger partial charge in [-0.15, -0.1) is 17.3 Å². The zero-order chi connectivity index (χ0) is 12.9. The van der Waals surface area contributed by atoms with Gasteiger partial charge in [-0.05, 0) is 34.2 Å². The predicted molar refractivity (Wildman–Crippen MR) is 75.1 cm³/mol. The first-order valence-electron chi connectivity index (χ1n) is 6.07. The lowest BCUT2D eigenvalue weighted by molar-refractivity contribution is 0.557. The number of hydrogen-bond donors (Lipinski definition) is 1. The molecule has 1 aromatic heterocycles. The fourth-order valence-corrected chi connectivity index (χ4v) is 2.45. The fraction of sp³-hybridized carbons (Fsp3) is 0.643.